The van der Waals surface area contributed by atoms with Gasteiger partial charge in [-0.1, -0.05) is 23.4 Å². The molecule has 26 heavy (non-hydrogen) atoms. The third kappa shape index (κ3) is 3.53. The van der Waals surface area contributed by atoms with Crippen LogP contribution < -0.4 is 10.9 Å². The van der Waals surface area contributed by atoms with Crippen LogP contribution in [0.1, 0.15) is 20.7 Å². The standard InChI is InChI=1S/C16H11ClN4O4S/c1-26-16-18-6-8-4-9(14(23)20-12(8)21-16)13(22)19-11-5-7(15(24)25)2-3-10(11)17/h2-6H,1H3,(H,19,22)(H,24,25)(H,18,20,21,23). The summed E-state index contributed by atoms with van der Waals surface area (Å²) in [6.45, 7) is 0. The van der Waals surface area contributed by atoms with Gasteiger partial charge in [-0.05, 0) is 30.5 Å². The summed E-state index contributed by atoms with van der Waals surface area (Å²) in [5.74, 6) is -1.89. The SMILES string of the molecule is CSc1ncc2cc(C(=O)Nc3cc(C(=O)O)ccc3Cl)c(=O)[nH]c2n1. The molecule has 0 saturated heterocycles. The largest absolute Gasteiger partial charge is 0.478 e. The number of hydrogen-bond acceptors (Lipinski definition) is 6. The number of aromatic nitrogens is 3. The van der Waals surface area contributed by atoms with E-state index in [1.54, 1.807) is 6.26 Å². The van der Waals surface area contributed by atoms with Gasteiger partial charge in [0.25, 0.3) is 11.5 Å². The fraction of sp³-hybridized carbons (Fsp3) is 0.0625. The van der Waals surface area contributed by atoms with Crippen LogP contribution in [0.15, 0.2) is 40.4 Å². The Morgan fingerprint density at radius 1 is 1.31 bits per heavy atom. The molecule has 3 aromatic rings. The number of carbonyl (C=O) groups excluding carboxylic acids is 1. The second-order valence-electron chi connectivity index (χ2n) is 5.13. The Morgan fingerprint density at radius 3 is 2.77 bits per heavy atom. The lowest BCUT2D eigenvalue weighted by Crippen LogP contribution is -2.23. The molecule has 0 fully saturated rings. The summed E-state index contributed by atoms with van der Waals surface area (Å²) >= 11 is 7.31. The van der Waals surface area contributed by atoms with Crippen LogP contribution in [-0.4, -0.2) is 38.2 Å². The van der Waals surface area contributed by atoms with Crippen molar-refractivity contribution in [3.8, 4) is 0 Å². The summed E-state index contributed by atoms with van der Waals surface area (Å²) in [5, 5.41) is 12.6. The van der Waals surface area contributed by atoms with Crippen molar-refractivity contribution in [3.63, 3.8) is 0 Å². The summed E-state index contributed by atoms with van der Waals surface area (Å²) in [6, 6.07) is 5.24. The monoisotopic (exact) mass is 390 g/mol. The van der Waals surface area contributed by atoms with Crippen LogP contribution in [0.2, 0.25) is 5.02 Å². The Kier molecular flexibility index (Phi) is 4.92. The zero-order valence-corrected chi connectivity index (χ0v) is 14.8. The van der Waals surface area contributed by atoms with Gasteiger partial charge in [-0.25, -0.2) is 14.8 Å². The number of rotatable bonds is 4. The number of carboxylic acids is 1. The highest BCUT2D eigenvalue weighted by atomic mass is 35.5. The maximum Gasteiger partial charge on any atom is 0.335 e. The number of pyridine rings is 1. The zero-order valence-electron chi connectivity index (χ0n) is 13.2. The number of aromatic amines is 1. The molecule has 0 aliphatic carbocycles. The van der Waals surface area contributed by atoms with Gasteiger partial charge >= 0.3 is 5.97 Å². The van der Waals surface area contributed by atoms with Gasteiger partial charge in [-0.2, -0.15) is 0 Å². The zero-order chi connectivity index (χ0) is 18.8. The Labute approximate surface area is 155 Å². The van der Waals surface area contributed by atoms with Crippen molar-refractivity contribution in [1.82, 2.24) is 15.0 Å². The molecule has 1 aromatic carbocycles. The average molecular weight is 391 g/mol. The summed E-state index contributed by atoms with van der Waals surface area (Å²) in [7, 11) is 0. The number of H-pyrrole nitrogens is 1. The molecule has 0 spiro atoms. The molecule has 3 N–H and O–H groups in total. The molecule has 0 unspecified atom stereocenters. The smallest absolute Gasteiger partial charge is 0.335 e. The highest BCUT2D eigenvalue weighted by Gasteiger charge is 2.16. The van der Waals surface area contributed by atoms with Crippen LogP contribution in [0.25, 0.3) is 11.0 Å². The van der Waals surface area contributed by atoms with Crippen LogP contribution in [0.3, 0.4) is 0 Å². The third-order valence-corrected chi connectivity index (χ3v) is 4.35. The second-order valence-corrected chi connectivity index (χ2v) is 6.31. The fourth-order valence-corrected chi connectivity index (χ4v) is 2.69. The van der Waals surface area contributed by atoms with Crippen molar-refractivity contribution in [3.05, 3.63) is 57.0 Å². The Morgan fingerprint density at radius 2 is 2.08 bits per heavy atom. The van der Waals surface area contributed by atoms with Gasteiger partial charge in [0.1, 0.15) is 11.2 Å². The molecule has 0 bridgehead atoms. The van der Waals surface area contributed by atoms with Crippen LogP contribution in [0.4, 0.5) is 5.69 Å². The predicted octanol–water partition coefficient (Wildman–Crippen LogP) is 2.64. The van der Waals surface area contributed by atoms with Crippen LogP contribution in [0, 0.1) is 0 Å². The summed E-state index contributed by atoms with van der Waals surface area (Å²) in [6.07, 6.45) is 3.30. The molecule has 0 aliphatic heterocycles. The number of benzene rings is 1. The first-order valence-corrected chi connectivity index (χ1v) is 8.77. The molecular formula is C16H11ClN4O4S. The van der Waals surface area contributed by atoms with Gasteiger partial charge < -0.3 is 15.4 Å². The molecule has 132 valence electrons. The summed E-state index contributed by atoms with van der Waals surface area (Å²) in [4.78, 5) is 46.5. The van der Waals surface area contributed by atoms with Crippen LogP contribution in [-0.2, 0) is 0 Å². The molecule has 3 rings (SSSR count). The first kappa shape index (κ1) is 17.9. The number of aromatic carboxylic acids is 1. The normalized spacial score (nSPS) is 10.7. The number of amides is 1. The summed E-state index contributed by atoms with van der Waals surface area (Å²) < 4.78 is 0. The van der Waals surface area contributed by atoms with E-state index in [0.29, 0.717) is 16.2 Å². The average Bonchev–Trinajstić information content (AvgIpc) is 2.62. The number of nitrogens with one attached hydrogen (secondary N) is 2. The van der Waals surface area contributed by atoms with Crippen LogP contribution in [0.5, 0.6) is 0 Å². The van der Waals surface area contributed by atoms with E-state index in [4.69, 9.17) is 16.7 Å². The van der Waals surface area contributed by atoms with Gasteiger partial charge in [0.15, 0.2) is 5.16 Å². The minimum atomic E-state index is -1.16. The second kappa shape index (κ2) is 7.14. The van der Waals surface area contributed by atoms with E-state index in [0.717, 1.165) is 0 Å². The maximum atomic E-state index is 12.5. The molecule has 2 aromatic heterocycles. The van der Waals surface area contributed by atoms with E-state index in [1.807, 2.05) is 0 Å². The van der Waals surface area contributed by atoms with E-state index in [-0.39, 0.29) is 21.8 Å². The third-order valence-electron chi connectivity index (χ3n) is 3.46. The molecule has 0 saturated carbocycles. The minimum absolute atomic E-state index is 0.0462. The lowest BCUT2D eigenvalue weighted by atomic mass is 10.1. The van der Waals surface area contributed by atoms with Crippen molar-refractivity contribution in [2.45, 2.75) is 5.16 Å². The van der Waals surface area contributed by atoms with Gasteiger partial charge in [0.05, 0.1) is 16.3 Å². The number of anilines is 1. The van der Waals surface area contributed by atoms with Gasteiger partial charge in [0, 0.05) is 11.6 Å². The number of hydrogen-bond donors (Lipinski definition) is 3. The molecule has 1 amide bonds. The number of halogens is 1. The predicted molar refractivity (Wildman–Crippen MR) is 98.3 cm³/mol. The topological polar surface area (TPSA) is 125 Å². The van der Waals surface area contributed by atoms with Crippen LogP contribution >= 0.6 is 23.4 Å². The van der Waals surface area contributed by atoms with Crippen molar-refractivity contribution < 1.29 is 14.7 Å². The Bertz CT molecular complexity index is 1100. The number of thioether (sulfide) groups is 1. The Balaban J connectivity index is 1.98. The number of fused-ring (bicyclic) bond motifs is 1. The lowest BCUT2D eigenvalue weighted by Gasteiger charge is -2.08. The molecule has 0 radical (unpaired) electrons. The van der Waals surface area contributed by atoms with E-state index < -0.39 is 17.4 Å². The first-order chi connectivity index (χ1) is 12.4. The van der Waals surface area contributed by atoms with Crippen molar-refractivity contribution in [2.24, 2.45) is 0 Å². The minimum Gasteiger partial charge on any atom is -0.478 e. The number of carboxylic acid groups (broad SMARTS) is 1. The van der Waals surface area contributed by atoms with Gasteiger partial charge in [-0.15, -0.1) is 0 Å². The lowest BCUT2D eigenvalue weighted by molar-refractivity contribution is 0.0696. The number of nitrogens with zero attached hydrogens (tertiary/aromatic N) is 2. The fourth-order valence-electron chi connectivity index (χ4n) is 2.19. The molecule has 0 atom stereocenters. The molecule has 0 aliphatic rings. The molecule has 2 heterocycles. The summed E-state index contributed by atoms with van der Waals surface area (Å²) in [5.41, 5.74) is -0.446. The van der Waals surface area contributed by atoms with E-state index in [1.165, 1.54) is 42.2 Å². The number of carbonyl (C=O) groups is 2. The highest BCUT2D eigenvalue weighted by Crippen LogP contribution is 2.24. The highest BCUT2D eigenvalue weighted by molar-refractivity contribution is 7.98. The molecule has 10 heteroatoms. The van der Waals surface area contributed by atoms with E-state index >= 15 is 0 Å². The van der Waals surface area contributed by atoms with E-state index in [2.05, 4.69) is 20.3 Å². The van der Waals surface area contributed by atoms with E-state index in [9.17, 15) is 14.4 Å². The maximum absolute atomic E-state index is 12.5. The van der Waals surface area contributed by atoms with Crippen molar-refractivity contribution in [1.29, 1.82) is 0 Å². The molecular weight excluding hydrogens is 380 g/mol. The first-order valence-electron chi connectivity index (χ1n) is 7.17. The van der Waals surface area contributed by atoms with Gasteiger partial charge in [0.2, 0.25) is 0 Å². The van der Waals surface area contributed by atoms with Crippen molar-refractivity contribution in [2.75, 3.05) is 11.6 Å². The molecule has 8 nitrogen and oxygen atoms in total. The quantitative estimate of drug-likeness (QED) is 0.462. The Hall–Kier alpha value is -2.91. The van der Waals surface area contributed by atoms with Crippen molar-refractivity contribution >= 4 is 52.0 Å². The van der Waals surface area contributed by atoms with Gasteiger partial charge in [-0.3, -0.25) is 9.59 Å².